The first kappa shape index (κ1) is 18.8. The molecule has 1 radical (unpaired) electrons. The summed E-state index contributed by atoms with van der Waals surface area (Å²) in [5.74, 6) is 0. The van der Waals surface area contributed by atoms with E-state index in [9.17, 15) is 5.21 Å². The molecular weight excluding hydrogens is 391 g/mol. The maximum atomic E-state index is 13.0. The first-order chi connectivity index (χ1) is 11.1. The number of allylic oxidation sites excluding steroid dienone is 2. The molecule has 3 rings (SSSR count). The SMILES string of the molecule is CC1=C(C)[N+]([O-])(OCc2ccccc2)[CH-]N1Cc1ccccc1.[Rh]. The fourth-order valence-electron chi connectivity index (χ4n) is 2.60. The van der Waals surface area contributed by atoms with Gasteiger partial charge in [0.15, 0.2) is 0 Å². The summed E-state index contributed by atoms with van der Waals surface area (Å²) in [4.78, 5) is 6.76. The fraction of sp³-hybridized carbons (Fsp3) is 0.211. The quantitative estimate of drug-likeness (QED) is 0.318. The monoisotopic (exact) mass is 412 g/mol. The molecule has 0 bridgehead atoms. The van der Waals surface area contributed by atoms with Crippen molar-refractivity contribution in [1.29, 1.82) is 0 Å². The standard InChI is InChI=1S/C19H21N2O2.Rh/c1-16-17(2)21(22,23-14-19-11-7-4-8-12-19)15-20(16)13-18-9-5-3-6-10-18;/h3-12,15H,13-14H2,1-2H3;/q-1;. The van der Waals surface area contributed by atoms with Gasteiger partial charge in [0.25, 0.3) is 0 Å². The molecule has 0 N–H and O–H groups in total. The van der Waals surface area contributed by atoms with Crippen LogP contribution in [0.15, 0.2) is 72.1 Å². The van der Waals surface area contributed by atoms with E-state index in [1.165, 1.54) is 0 Å². The first-order valence-electron chi connectivity index (χ1n) is 7.71. The Kier molecular flexibility index (Phi) is 6.30. The molecule has 0 saturated heterocycles. The zero-order valence-corrected chi connectivity index (χ0v) is 15.4. The molecule has 0 aromatic heterocycles. The molecule has 129 valence electrons. The summed E-state index contributed by atoms with van der Waals surface area (Å²) in [5.41, 5.74) is 3.75. The average molecular weight is 412 g/mol. The second-order valence-electron chi connectivity index (χ2n) is 5.76. The second-order valence-corrected chi connectivity index (χ2v) is 5.76. The van der Waals surface area contributed by atoms with Crippen LogP contribution in [0.2, 0.25) is 0 Å². The number of hydrogen-bond acceptors (Lipinski definition) is 3. The molecule has 0 aliphatic carbocycles. The van der Waals surface area contributed by atoms with Crippen LogP contribution in [0.3, 0.4) is 0 Å². The number of nitrogens with zero attached hydrogens (tertiary/aromatic N) is 2. The van der Waals surface area contributed by atoms with Crippen LogP contribution in [-0.4, -0.2) is 9.71 Å². The van der Waals surface area contributed by atoms with Crippen molar-refractivity contribution in [2.75, 3.05) is 0 Å². The molecule has 0 fully saturated rings. The van der Waals surface area contributed by atoms with Gasteiger partial charge < -0.3 is 10.1 Å². The van der Waals surface area contributed by atoms with Crippen molar-refractivity contribution in [3.05, 3.63) is 95.1 Å². The minimum Gasteiger partial charge on any atom is -0.620 e. The van der Waals surface area contributed by atoms with Gasteiger partial charge in [-0.15, -0.1) is 0 Å². The molecule has 5 heteroatoms. The van der Waals surface area contributed by atoms with Crippen molar-refractivity contribution < 1.29 is 29.1 Å². The van der Waals surface area contributed by atoms with Gasteiger partial charge >= 0.3 is 0 Å². The zero-order chi connectivity index (χ0) is 16.3. The van der Waals surface area contributed by atoms with Gasteiger partial charge in [-0.2, -0.15) is 0 Å². The molecule has 1 aliphatic heterocycles. The summed E-state index contributed by atoms with van der Waals surface area (Å²) < 4.78 is 0. The van der Waals surface area contributed by atoms with Gasteiger partial charge in [0.2, 0.25) is 0 Å². The van der Waals surface area contributed by atoms with Gasteiger partial charge in [-0.05, 0) is 24.7 Å². The third kappa shape index (κ3) is 4.11. The summed E-state index contributed by atoms with van der Waals surface area (Å²) >= 11 is 0. The van der Waals surface area contributed by atoms with Crippen LogP contribution in [0, 0.1) is 11.9 Å². The number of rotatable bonds is 5. The Morgan fingerprint density at radius 3 is 2.08 bits per heavy atom. The van der Waals surface area contributed by atoms with Gasteiger partial charge in [-0.25, -0.2) is 4.84 Å². The van der Waals surface area contributed by atoms with Crippen LogP contribution in [0.4, 0.5) is 0 Å². The predicted molar refractivity (Wildman–Crippen MR) is 89.5 cm³/mol. The Hall–Kier alpha value is -1.52. The number of quaternary nitrogens is 1. The normalized spacial score (nSPS) is 20.2. The number of benzene rings is 2. The summed E-state index contributed by atoms with van der Waals surface area (Å²) in [6.45, 7) is 6.33. The van der Waals surface area contributed by atoms with E-state index in [1.807, 2.05) is 67.3 Å². The van der Waals surface area contributed by atoms with Gasteiger partial charge in [-0.1, -0.05) is 60.7 Å². The third-order valence-electron chi connectivity index (χ3n) is 4.17. The van der Waals surface area contributed by atoms with Crippen molar-refractivity contribution >= 4 is 0 Å². The summed E-state index contributed by atoms with van der Waals surface area (Å²) in [6, 6.07) is 19.8. The Bertz CT molecular complexity index is 691. The van der Waals surface area contributed by atoms with E-state index in [-0.39, 0.29) is 26.1 Å². The van der Waals surface area contributed by atoms with Crippen molar-refractivity contribution in [2.24, 2.45) is 0 Å². The topological polar surface area (TPSA) is 35.5 Å². The maximum Gasteiger partial charge on any atom is 0.129 e. The Morgan fingerprint density at radius 1 is 0.958 bits per heavy atom. The fourth-order valence-corrected chi connectivity index (χ4v) is 2.60. The summed E-state index contributed by atoms with van der Waals surface area (Å²) in [7, 11) is 0. The second kappa shape index (κ2) is 8.04. The Morgan fingerprint density at radius 2 is 1.50 bits per heavy atom. The first-order valence-corrected chi connectivity index (χ1v) is 7.71. The van der Waals surface area contributed by atoms with E-state index in [0.29, 0.717) is 12.2 Å². The molecule has 4 nitrogen and oxygen atoms in total. The minimum absolute atomic E-state index is 0. The number of hydroxylamine groups is 4. The molecule has 1 heterocycles. The van der Waals surface area contributed by atoms with Crippen molar-refractivity contribution in [3.63, 3.8) is 0 Å². The predicted octanol–water partition coefficient (Wildman–Crippen LogP) is 4.32. The van der Waals surface area contributed by atoms with Crippen molar-refractivity contribution in [1.82, 2.24) is 4.90 Å². The number of hydrogen-bond donors (Lipinski definition) is 0. The van der Waals surface area contributed by atoms with Gasteiger partial charge in [0.1, 0.15) is 12.3 Å². The van der Waals surface area contributed by atoms with Crippen LogP contribution < -0.4 is 0 Å². The molecular formula is C19H21N2O2Rh-. The van der Waals surface area contributed by atoms with E-state index < -0.39 is 4.81 Å². The van der Waals surface area contributed by atoms with E-state index in [2.05, 4.69) is 12.1 Å². The van der Waals surface area contributed by atoms with E-state index in [0.717, 1.165) is 16.8 Å². The van der Waals surface area contributed by atoms with Gasteiger partial charge in [0, 0.05) is 38.6 Å². The van der Waals surface area contributed by atoms with Gasteiger partial charge in [0.05, 0.1) is 0 Å². The van der Waals surface area contributed by atoms with Crippen LogP contribution in [0.25, 0.3) is 0 Å². The van der Waals surface area contributed by atoms with E-state index in [4.69, 9.17) is 4.84 Å². The molecule has 24 heavy (non-hydrogen) atoms. The molecule has 1 aliphatic rings. The Balaban J connectivity index is 0.00000208. The van der Waals surface area contributed by atoms with Gasteiger partial charge in [-0.3, -0.25) is 4.81 Å². The maximum absolute atomic E-state index is 13.0. The molecule has 2 aromatic rings. The largest absolute Gasteiger partial charge is 0.620 e. The summed E-state index contributed by atoms with van der Waals surface area (Å²) in [5, 5.41) is 13.0. The minimum atomic E-state index is -0.854. The molecule has 2 aromatic carbocycles. The molecule has 1 atom stereocenters. The van der Waals surface area contributed by atoms with Crippen molar-refractivity contribution in [2.45, 2.75) is 27.0 Å². The third-order valence-corrected chi connectivity index (χ3v) is 4.17. The summed E-state index contributed by atoms with van der Waals surface area (Å²) in [6.07, 6.45) is 0. The molecule has 1 unspecified atom stereocenters. The zero-order valence-electron chi connectivity index (χ0n) is 13.8. The van der Waals surface area contributed by atoms with E-state index in [1.54, 1.807) is 6.67 Å². The van der Waals surface area contributed by atoms with Crippen molar-refractivity contribution in [3.8, 4) is 0 Å². The van der Waals surface area contributed by atoms with Crippen LogP contribution in [0.1, 0.15) is 25.0 Å². The molecule has 0 saturated carbocycles. The smallest absolute Gasteiger partial charge is 0.129 e. The van der Waals surface area contributed by atoms with E-state index >= 15 is 0 Å². The average Bonchev–Trinajstić information content (AvgIpc) is 2.80. The van der Waals surface area contributed by atoms with Crippen LogP contribution in [-0.2, 0) is 37.5 Å². The van der Waals surface area contributed by atoms with Crippen LogP contribution in [0.5, 0.6) is 0 Å². The van der Waals surface area contributed by atoms with Crippen LogP contribution >= 0.6 is 0 Å². The molecule has 0 amide bonds. The Labute approximate surface area is 156 Å². The molecule has 0 spiro atoms.